The molecule has 6 nitrogen and oxygen atoms in total. The predicted octanol–water partition coefficient (Wildman–Crippen LogP) is 3.51. The number of piperidine rings is 1. The Morgan fingerprint density at radius 1 is 1.22 bits per heavy atom. The molecule has 0 atom stereocenters. The van der Waals surface area contributed by atoms with Crippen LogP contribution in [0.5, 0.6) is 0 Å². The SMILES string of the molecule is CCOC(=O)C1CCN(C(=O)CSc2nc(C)nc3sc(C)c(C)c23)CC1. The van der Waals surface area contributed by atoms with Gasteiger partial charge in [0.2, 0.25) is 5.91 Å². The molecule has 0 aliphatic carbocycles. The minimum absolute atomic E-state index is 0.0813. The molecule has 3 rings (SSSR count). The maximum atomic E-state index is 12.6. The van der Waals surface area contributed by atoms with Crippen molar-refractivity contribution in [3.63, 3.8) is 0 Å². The molecule has 2 aromatic heterocycles. The standard InChI is InChI=1S/C19H25N3O3S2/c1-5-25-19(24)14-6-8-22(9-7-14)15(23)10-26-17-16-11(2)12(3)27-18(16)21-13(4)20-17/h14H,5-10H2,1-4H3. The van der Waals surface area contributed by atoms with Gasteiger partial charge in [0, 0.05) is 23.4 Å². The molecule has 0 spiro atoms. The molecule has 0 aromatic carbocycles. The number of aromatic nitrogens is 2. The van der Waals surface area contributed by atoms with Gasteiger partial charge in [-0.3, -0.25) is 9.59 Å². The first kappa shape index (κ1) is 20.1. The van der Waals surface area contributed by atoms with Crippen molar-refractivity contribution in [1.82, 2.24) is 14.9 Å². The summed E-state index contributed by atoms with van der Waals surface area (Å²) in [6, 6.07) is 0. The van der Waals surface area contributed by atoms with Gasteiger partial charge < -0.3 is 9.64 Å². The summed E-state index contributed by atoms with van der Waals surface area (Å²) in [7, 11) is 0. The van der Waals surface area contributed by atoms with Gasteiger partial charge in [0.25, 0.3) is 0 Å². The average molecular weight is 408 g/mol. The number of hydrogen-bond acceptors (Lipinski definition) is 7. The van der Waals surface area contributed by atoms with Crippen molar-refractivity contribution in [2.45, 2.75) is 45.6 Å². The second-order valence-electron chi connectivity index (χ2n) is 6.74. The lowest BCUT2D eigenvalue weighted by Gasteiger charge is -2.30. The summed E-state index contributed by atoms with van der Waals surface area (Å²) in [4.78, 5) is 37.6. The van der Waals surface area contributed by atoms with Crippen LogP contribution in [-0.2, 0) is 14.3 Å². The van der Waals surface area contributed by atoms with Gasteiger partial charge in [-0.2, -0.15) is 0 Å². The first-order valence-electron chi connectivity index (χ1n) is 9.22. The van der Waals surface area contributed by atoms with Crippen molar-refractivity contribution in [3.8, 4) is 0 Å². The first-order chi connectivity index (χ1) is 12.9. The van der Waals surface area contributed by atoms with E-state index < -0.39 is 0 Å². The van der Waals surface area contributed by atoms with E-state index >= 15 is 0 Å². The molecule has 0 unspecified atom stereocenters. The van der Waals surface area contributed by atoms with Crippen LogP contribution in [0.3, 0.4) is 0 Å². The van der Waals surface area contributed by atoms with Crippen molar-refractivity contribution in [1.29, 1.82) is 0 Å². The minimum Gasteiger partial charge on any atom is -0.466 e. The zero-order valence-corrected chi connectivity index (χ0v) is 17.8. The van der Waals surface area contributed by atoms with Gasteiger partial charge in [0.1, 0.15) is 15.7 Å². The second kappa shape index (κ2) is 8.56. The van der Waals surface area contributed by atoms with Crippen LogP contribution in [0.2, 0.25) is 0 Å². The Morgan fingerprint density at radius 2 is 1.93 bits per heavy atom. The van der Waals surface area contributed by atoms with Crippen LogP contribution >= 0.6 is 23.1 Å². The van der Waals surface area contributed by atoms with Crippen LogP contribution in [0.1, 0.15) is 36.0 Å². The Bertz CT molecular complexity index is 857. The van der Waals surface area contributed by atoms with E-state index in [9.17, 15) is 9.59 Å². The highest BCUT2D eigenvalue weighted by molar-refractivity contribution is 8.00. The van der Waals surface area contributed by atoms with Crippen molar-refractivity contribution < 1.29 is 14.3 Å². The average Bonchev–Trinajstić information content (AvgIpc) is 2.93. The molecule has 0 radical (unpaired) electrons. The van der Waals surface area contributed by atoms with Gasteiger partial charge in [-0.25, -0.2) is 9.97 Å². The van der Waals surface area contributed by atoms with Crippen molar-refractivity contribution in [2.24, 2.45) is 5.92 Å². The van der Waals surface area contributed by atoms with Crippen LogP contribution in [0.4, 0.5) is 0 Å². The van der Waals surface area contributed by atoms with Gasteiger partial charge in [-0.05, 0) is 46.1 Å². The Labute approximate surface area is 167 Å². The molecule has 3 heterocycles. The molecule has 2 aromatic rings. The highest BCUT2D eigenvalue weighted by Gasteiger charge is 2.28. The summed E-state index contributed by atoms with van der Waals surface area (Å²) in [6.45, 7) is 9.49. The van der Waals surface area contributed by atoms with Gasteiger partial charge in [-0.1, -0.05) is 11.8 Å². The molecule has 1 amide bonds. The number of esters is 1. The van der Waals surface area contributed by atoms with E-state index in [2.05, 4.69) is 23.8 Å². The van der Waals surface area contributed by atoms with Crippen molar-refractivity contribution in [3.05, 3.63) is 16.3 Å². The molecular weight excluding hydrogens is 382 g/mol. The van der Waals surface area contributed by atoms with Crippen molar-refractivity contribution in [2.75, 3.05) is 25.4 Å². The number of nitrogens with zero attached hydrogens (tertiary/aromatic N) is 3. The third-order valence-corrected chi connectivity index (χ3v) is 6.97. The van der Waals surface area contributed by atoms with Gasteiger partial charge in [0.05, 0.1) is 18.3 Å². The maximum absolute atomic E-state index is 12.6. The van der Waals surface area contributed by atoms with Crippen LogP contribution in [0, 0.1) is 26.7 Å². The molecule has 1 saturated heterocycles. The number of thiophene rings is 1. The molecular formula is C19H25N3O3S2. The number of fused-ring (bicyclic) bond motifs is 1. The van der Waals surface area contributed by atoms with Crippen LogP contribution in [-0.4, -0.2) is 52.2 Å². The third kappa shape index (κ3) is 4.43. The van der Waals surface area contributed by atoms with E-state index in [0.29, 0.717) is 38.3 Å². The highest BCUT2D eigenvalue weighted by atomic mass is 32.2. The normalized spacial score (nSPS) is 15.3. The zero-order valence-electron chi connectivity index (χ0n) is 16.2. The molecule has 0 bridgehead atoms. The first-order valence-corrected chi connectivity index (χ1v) is 11.0. The van der Waals surface area contributed by atoms with E-state index in [1.54, 1.807) is 11.3 Å². The molecule has 1 fully saturated rings. The van der Waals surface area contributed by atoms with E-state index in [4.69, 9.17) is 4.74 Å². The van der Waals surface area contributed by atoms with Gasteiger partial charge in [-0.15, -0.1) is 11.3 Å². The maximum Gasteiger partial charge on any atom is 0.309 e. The molecule has 0 saturated carbocycles. The number of rotatable bonds is 5. The Balaban J connectivity index is 1.62. The Morgan fingerprint density at radius 3 is 2.59 bits per heavy atom. The fourth-order valence-corrected chi connectivity index (χ4v) is 5.44. The highest BCUT2D eigenvalue weighted by Crippen LogP contribution is 2.35. The monoisotopic (exact) mass is 407 g/mol. The van der Waals surface area contributed by atoms with Crippen molar-refractivity contribution >= 4 is 45.2 Å². The number of thioether (sulfide) groups is 1. The number of carbonyl (C=O) groups excluding carboxylic acids is 2. The molecule has 0 N–H and O–H groups in total. The largest absolute Gasteiger partial charge is 0.466 e. The quantitative estimate of drug-likeness (QED) is 0.429. The number of carbonyl (C=O) groups is 2. The Hall–Kier alpha value is -1.67. The summed E-state index contributed by atoms with van der Waals surface area (Å²) in [5.74, 6) is 0.956. The van der Waals surface area contributed by atoms with E-state index in [-0.39, 0.29) is 17.8 Å². The van der Waals surface area contributed by atoms with Gasteiger partial charge >= 0.3 is 5.97 Å². The predicted molar refractivity (Wildman–Crippen MR) is 108 cm³/mol. The number of ether oxygens (including phenoxy) is 1. The smallest absolute Gasteiger partial charge is 0.309 e. The number of amides is 1. The lowest BCUT2D eigenvalue weighted by atomic mass is 9.97. The van der Waals surface area contributed by atoms with E-state index in [1.165, 1.54) is 22.2 Å². The summed E-state index contributed by atoms with van der Waals surface area (Å²) in [5, 5.41) is 1.95. The topological polar surface area (TPSA) is 72.4 Å². The lowest BCUT2D eigenvalue weighted by molar-refractivity contribution is -0.151. The molecule has 27 heavy (non-hydrogen) atoms. The van der Waals surface area contributed by atoms with Crippen LogP contribution < -0.4 is 0 Å². The number of hydrogen-bond donors (Lipinski definition) is 0. The van der Waals surface area contributed by atoms with Crippen LogP contribution in [0.25, 0.3) is 10.2 Å². The minimum atomic E-state index is -0.138. The summed E-state index contributed by atoms with van der Waals surface area (Å²) < 4.78 is 5.09. The fraction of sp³-hybridized carbons (Fsp3) is 0.579. The molecule has 146 valence electrons. The van der Waals surface area contributed by atoms with Gasteiger partial charge in [0.15, 0.2) is 0 Å². The Kier molecular flexibility index (Phi) is 6.37. The van der Waals surface area contributed by atoms with E-state index in [1.807, 2.05) is 18.7 Å². The second-order valence-corrected chi connectivity index (χ2v) is 8.90. The molecule has 1 aliphatic rings. The van der Waals surface area contributed by atoms with Crippen LogP contribution in [0.15, 0.2) is 5.03 Å². The lowest BCUT2D eigenvalue weighted by Crippen LogP contribution is -2.41. The summed E-state index contributed by atoms with van der Waals surface area (Å²) in [5.41, 5.74) is 1.19. The number of likely N-dealkylation sites (tertiary alicyclic amines) is 1. The molecule has 8 heteroatoms. The summed E-state index contributed by atoms with van der Waals surface area (Å²) >= 11 is 3.15. The zero-order chi connectivity index (χ0) is 19.6. The summed E-state index contributed by atoms with van der Waals surface area (Å²) in [6.07, 6.45) is 1.35. The third-order valence-electron chi connectivity index (χ3n) is 4.91. The van der Waals surface area contributed by atoms with E-state index in [0.717, 1.165) is 21.1 Å². The molecule has 1 aliphatic heterocycles. The fourth-order valence-electron chi connectivity index (χ4n) is 3.26. The number of aryl methyl sites for hydroxylation is 3.